The Labute approximate surface area is 87.7 Å². The number of hydrogen-bond donors (Lipinski definition) is 2. The van der Waals surface area contributed by atoms with Crippen molar-refractivity contribution in [1.29, 1.82) is 0 Å². The Hall–Kier alpha value is -1.85. The van der Waals surface area contributed by atoms with Crippen molar-refractivity contribution in [3.05, 3.63) is 23.3 Å². The predicted molar refractivity (Wildman–Crippen MR) is 56.4 cm³/mol. The summed E-state index contributed by atoms with van der Waals surface area (Å²) in [5, 5.41) is 18.2. The highest BCUT2D eigenvalue weighted by atomic mass is 15.4. The van der Waals surface area contributed by atoms with Crippen LogP contribution < -0.4 is 5.32 Å². The molecule has 6 heteroatoms. The summed E-state index contributed by atoms with van der Waals surface area (Å²) in [4.78, 5) is 0. The van der Waals surface area contributed by atoms with Crippen LogP contribution >= 0.6 is 0 Å². The van der Waals surface area contributed by atoms with Gasteiger partial charge in [0.15, 0.2) is 0 Å². The number of aromatic amines is 1. The summed E-state index contributed by atoms with van der Waals surface area (Å²) < 4.78 is 1.69. The number of rotatable bonds is 3. The maximum Gasteiger partial charge on any atom is 0.102 e. The van der Waals surface area contributed by atoms with Gasteiger partial charge in [0.05, 0.1) is 23.6 Å². The largest absolute Gasteiger partial charge is 0.376 e. The van der Waals surface area contributed by atoms with Crippen molar-refractivity contribution in [2.24, 2.45) is 7.05 Å². The predicted octanol–water partition coefficient (Wildman–Crippen LogP) is 0.767. The zero-order valence-electron chi connectivity index (χ0n) is 9.07. The molecule has 15 heavy (non-hydrogen) atoms. The second-order valence-corrected chi connectivity index (χ2v) is 3.55. The van der Waals surface area contributed by atoms with Gasteiger partial charge in [0, 0.05) is 13.2 Å². The van der Waals surface area contributed by atoms with Gasteiger partial charge in [-0.25, -0.2) is 0 Å². The molecule has 0 unspecified atom stereocenters. The summed E-state index contributed by atoms with van der Waals surface area (Å²) >= 11 is 0. The fourth-order valence-corrected chi connectivity index (χ4v) is 1.47. The topological polar surface area (TPSA) is 71.4 Å². The van der Waals surface area contributed by atoms with E-state index in [0.717, 1.165) is 22.8 Å². The highest BCUT2D eigenvalue weighted by Crippen LogP contribution is 2.16. The Morgan fingerprint density at radius 3 is 2.80 bits per heavy atom. The van der Waals surface area contributed by atoms with E-state index in [1.165, 1.54) is 0 Å². The van der Waals surface area contributed by atoms with Crippen molar-refractivity contribution in [1.82, 2.24) is 25.2 Å². The molecule has 2 aromatic rings. The van der Waals surface area contributed by atoms with Crippen LogP contribution in [0.3, 0.4) is 0 Å². The van der Waals surface area contributed by atoms with Gasteiger partial charge in [-0.05, 0) is 13.8 Å². The zero-order valence-corrected chi connectivity index (χ0v) is 9.07. The average molecular weight is 206 g/mol. The number of nitrogens with one attached hydrogen (secondary N) is 2. The first-order valence-electron chi connectivity index (χ1n) is 4.77. The van der Waals surface area contributed by atoms with Gasteiger partial charge in [0.25, 0.3) is 0 Å². The number of nitrogens with zero attached hydrogens (tertiary/aromatic N) is 4. The van der Waals surface area contributed by atoms with Gasteiger partial charge in [-0.2, -0.15) is 5.10 Å². The molecule has 6 nitrogen and oxygen atoms in total. The van der Waals surface area contributed by atoms with Crippen molar-refractivity contribution in [3.8, 4) is 0 Å². The standard InChI is InChI=1S/C9H14N6/c1-6-9(7(2)12-11-6)10-4-8-5-15(3)14-13-8/h5,10H,4H2,1-3H3,(H,11,12). The molecule has 0 aliphatic heterocycles. The minimum absolute atomic E-state index is 0.662. The molecule has 0 spiro atoms. The fraction of sp³-hybridized carbons (Fsp3) is 0.444. The van der Waals surface area contributed by atoms with Crippen LogP contribution in [0.25, 0.3) is 0 Å². The molecule has 80 valence electrons. The lowest BCUT2D eigenvalue weighted by Crippen LogP contribution is -2.01. The van der Waals surface area contributed by atoms with Crippen LogP contribution in [-0.4, -0.2) is 25.2 Å². The van der Waals surface area contributed by atoms with E-state index in [1.54, 1.807) is 4.68 Å². The van der Waals surface area contributed by atoms with E-state index >= 15 is 0 Å². The summed E-state index contributed by atoms with van der Waals surface area (Å²) in [6, 6.07) is 0. The molecule has 0 aromatic carbocycles. The van der Waals surface area contributed by atoms with Crippen LogP contribution in [0.4, 0.5) is 5.69 Å². The van der Waals surface area contributed by atoms with Gasteiger partial charge in [0.1, 0.15) is 5.69 Å². The van der Waals surface area contributed by atoms with Gasteiger partial charge in [-0.3, -0.25) is 9.78 Å². The van der Waals surface area contributed by atoms with E-state index in [2.05, 4.69) is 25.8 Å². The number of H-pyrrole nitrogens is 1. The molecule has 0 bridgehead atoms. The van der Waals surface area contributed by atoms with Crippen molar-refractivity contribution < 1.29 is 0 Å². The van der Waals surface area contributed by atoms with Crippen LogP contribution in [0.1, 0.15) is 17.1 Å². The summed E-state index contributed by atoms with van der Waals surface area (Å²) in [5.74, 6) is 0. The maximum atomic E-state index is 4.10. The molecule has 2 rings (SSSR count). The first-order valence-corrected chi connectivity index (χ1v) is 4.77. The minimum atomic E-state index is 0.662. The Kier molecular flexibility index (Phi) is 2.40. The van der Waals surface area contributed by atoms with E-state index < -0.39 is 0 Å². The van der Waals surface area contributed by atoms with Crippen molar-refractivity contribution >= 4 is 5.69 Å². The molecule has 0 aliphatic carbocycles. The molecule has 2 N–H and O–H groups in total. The van der Waals surface area contributed by atoms with Gasteiger partial charge in [-0.1, -0.05) is 5.21 Å². The molecule has 0 saturated carbocycles. The van der Waals surface area contributed by atoms with E-state index in [-0.39, 0.29) is 0 Å². The smallest absolute Gasteiger partial charge is 0.102 e. The van der Waals surface area contributed by atoms with Crippen molar-refractivity contribution in [3.63, 3.8) is 0 Å². The van der Waals surface area contributed by atoms with Crippen LogP contribution in [0.5, 0.6) is 0 Å². The minimum Gasteiger partial charge on any atom is -0.376 e. The van der Waals surface area contributed by atoms with E-state index in [9.17, 15) is 0 Å². The number of hydrogen-bond acceptors (Lipinski definition) is 4. The van der Waals surface area contributed by atoms with E-state index in [1.807, 2.05) is 27.1 Å². The van der Waals surface area contributed by atoms with Crippen LogP contribution in [0, 0.1) is 13.8 Å². The number of aromatic nitrogens is 5. The molecule has 0 saturated heterocycles. The third-order valence-electron chi connectivity index (χ3n) is 2.22. The monoisotopic (exact) mass is 206 g/mol. The first-order chi connectivity index (χ1) is 7.16. The first kappa shape index (κ1) is 9.70. The molecule has 2 heterocycles. The third kappa shape index (κ3) is 1.98. The van der Waals surface area contributed by atoms with E-state index in [4.69, 9.17) is 0 Å². The fourth-order valence-electron chi connectivity index (χ4n) is 1.47. The van der Waals surface area contributed by atoms with Gasteiger partial charge < -0.3 is 5.32 Å². The maximum absolute atomic E-state index is 4.10. The third-order valence-corrected chi connectivity index (χ3v) is 2.22. The van der Waals surface area contributed by atoms with Crippen molar-refractivity contribution in [2.75, 3.05) is 5.32 Å². The highest BCUT2D eigenvalue weighted by molar-refractivity contribution is 5.51. The molecular weight excluding hydrogens is 192 g/mol. The molecule has 2 aromatic heterocycles. The summed E-state index contributed by atoms with van der Waals surface area (Å²) in [5.41, 5.74) is 3.96. The lowest BCUT2D eigenvalue weighted by molar-refractivity contribution is 0.713. The summed E-state index contributed by atoms with van der Waals surface area (Å²) in [6.45, 7) is 4.61. The second-order valence-electron chi connectivity index (χ2n) is 3.55. The molecule has 0 amide bonds. The van der Waals surface area contributed by atoms with Crippen LogP contribution in [0.2, 0.25) is 0 Å². The number of aryl methyl sites for hydroxylation is 3. The second kappa shape index (κ2) is 3.72. The zero-order chi connectivity index (χ0) is 10.8. The molecule has 0 atom stereocenters. The molecular formula is C9H14N6. The SMILES string of the molecule is Cc1n[nH]c(C)c1NCc1cn(C)nn1. The van der Waals surface area contributed by atoms with Gasteiger partial charge >= 0.3 is 0 Å². The lowest BCUT2D eigenvalue weighted by atomic mass is 10.3. The van der Waals surface area contributed by atoms with Gasteiger partial charge in [0.2, 0.25) is 0 Å². The Bertz CT molecular complexity index is 435. The molecule has 0 aliphatic rings. The average Bonchev–Trinajstić information content (AvgIpc) is 2.73. The Morgan fingerprint density at radius 2 is 2.27 bits per heavy atom. The van der Waals surface area contributed by atoms with Crippen LogP contribution in [-0.2, 0) is 13.6 Å². The summed E-state index contributed by atoms with van der Waals surface area (Å²) in [7, 11) is 1.85. The Morgan fingerprint density at radius 1 is 1.47 bits per heavy atom. The molecule has 0 fully saturated rings. The highest BCUT2D eigenvalue weighted by Gasteiger charge is 2.06. The lowest BCUT2D eigenvalue weighted by Gasteiger charge is -2.02. The summed E-state index contributed by atoms with van der Waals surface area (Å²) in [6.07, 6.45) is 1.89. The van der Waals surface area contributed by atoms with E-state index in [0.29, 0.717) is 6.54 Å². The molecule has 0 radical (unpaired) electrons. The van der Waals surface area contributed by atoms with Crippen molar-refractivity contribution in [2.45, 2.75) is 20.4 Å². The van der Waals surface area contributed by atoms with Gasteiger partial charge in [-0.15, -0.1) is 5.10 Å². The Balaban J connectivity index is 2.05. The normalized spacial score (nSPS) is 10.6. The van der Waals surface area contributed by atoms with Crippen LogP contribution in [0.15, 0.2) is 6.20 Å². The number of anilines is 1. The quantitative estimate of drug-likeness (QED) is 0.778.